The number of nitrogens with one attached hydrogen (secondary N) is 1. The quantitative estimate of drug-likeness (QED) is 0.836. The van der Waals surface area contributed by atoms with Crippen molar-refractivity contribution in [2.45, 2.75) is 26.0 Å². The molecule has 2 aromatic rings. The van der Waals surface area contributed by atoms with Crippen LogP contribution in [0.25, 0.3) is 0 Å². The Morgan fingerprint density at radius 2 is 2.16 bits per heavy atom. The van der Waals surface area contributed by atoms with Crippen molar-refractivity contribution in [3.63, 3.8) is 0 Å². The number of ether oxygens (including phenoxy) is 2. The van der Waals surface area contributed by atoms with E-state index in [4.69, 9.17) is 4.74 Å². The lowest BCUT2D eigenvalue weighted by Gasteiger charge is -2.29. The Labute approximate surface area is 142 Å². The number of hydrogen-bond donors (Lipinski definition) is 1. The van der Waals surface area contributed by atoms with Crippen molar-refractivity contribution in [1.29, 1.82) is 0 Å². The van der Waals surface area contributed by atoms with Gasteiger partial charge in [0, 0.05) is 11.3 Å². The van der Waals surface area contributed by atoms with Crippen LogP contribution in [0.5, 0.6) is 5.75 Å². The Bertz CT molecular complexity index is 819. The molecule has 0 unspecified atom stereocenters. The van der Waals surface area contributed by atoms with Gasteiger partial charge in [-0.25, -0.2) is 9.48 Å². The Morgan fingerprint density at radius 3 is 2.84 bits per heavy atom. The van der Waals surface area contributed by atoms with Crippen molar-refractivity contribution in [1.82, 2.24) is 14.8 Å². The lowest BCUT2D eigenvalue weighted by molar-refractivity contribution is -0.136. The van der Waals surface area contributed by atoms with Gasteiger partial charge in [0.2, 0.25) is 5.95 Å². The molecule has 0 radical (unpaired) electrons. The topological polar surface area (TPSA) is 78.3 Å². The largest absolute Gasteiger partial charge is 0.466 e. The van der Waals surface area contributed by atoms with E-state index >= 15 is 0 Å². The Balaban J connectivity index is 2.21. The van der Waals surface area contributed by atoms with Crippen molar-refractivity contribution in [2.24, 2.45) is 0 Å². The van der Waals surface area contributed by atoms with E-state index in [1.54, 1.807) is 18.2 Å². The maximum absolute atomic E-state index is 12.8. The molecule has 2 heterocycles. The van der Waals surface area contributed by atoms with Gasteiger partial charge < -0.3 is 14.8 Å². The Kier molecular flexibility index (Phi) is 4.64. The summed E-state index contributed by atoms with van der Waals surface area (Å²) in [6, 6.07) is 5.48. The molecule has 9 heteroatoms. The number of halogens is 2. The predicted molar refractivity (Wildman–Crippen MR) is 84.2 cm³/mol. The van der Waals surface area contributed by atoms with Crippen LogP contribution in [0.2, 0.25) is 0 Å². The number of carbonyl (C=O) groups is 1. The lowest BCUT2D eigenvalue weighted by atomic mass is 9.94. The summed E-state index contributed by atoms with van der Waals surface area (Å²) in [4.78, 5) is 16.5. The summed E-state index contributed by atoms with van der Waals surface area (Å²) in [6.45, 7) is -1.13. The molecule has 0 fully saturated rings. The van der Waals surface area contributed by atoms with Gasteiger partial charge in [-0.3, -0.25) is 0 Å². The molecule has 1 aliphatic heterocycles. The average Bonchev–Trinajstić information content (AvgIpc) is 3.07. The third-order valence-electron chi connectivity index (χ3n) is 3.87. The van der Waals surface area contributed by atoms with E-state index < -0.39 is 18.6 Å². The zero-order valence-electron chi connectivity index (χ0n) is 13.6. The highest BCUT2D eigenvalue weighted by Gasteiger charge is 2.36. The number of methoxy groups -OCH3 is 1. The van der Waals surface area contributed by atoms with Gasteiger partial charge >= 0.3 is 12.6 Å². The fourth-order valence-electron chi connectivity index (χ4n) is 2.84. The van der Waals surface area contributed by atoms with Crippen LogP contribution in [0, 0.1) is 0 Å². The molecule has 0 spiro atoms. The number of nitrogens with zero attached hydrogens (tertiary/aromatic N) is 3. The average molecular weight is 350 g/mol. The Morgan fingerprint density at radius 1 is 1.40 bits per heavy atom. The van der Waals surface area contributed by atoms with Gasteiger partial charge in [0.15, 0.2) is 0 Å². The molecule has 1 aromatic carbocycles. The molecule has 0 aliphatic carbocycles. The summed E-state index contributed by atoms with van der Waals surface area (Å²) in [5, 5.41) is 7.16. The van der Waals surface area contributed by atoms with E-state index in [0.29, 0.717) is 23.6 Å². The zero-order valence-corrected chi connectivity index (χ0v) is 13.6. The molecule has 132 valence electrons. The van der Waals surface area contributed by atoms with E-state index in [0.717, 1.165) is 0 Å². The molecule has 0 saturated heterocycles. The highest BCUT2D eigenvalue weighted by Crippen LogP contribution is 2.40. The zero-order chi connectivity index (χ0) is 18.0. The predicted octanol–water partition coefficient (Wildman–Crippen LogP) is 2.73. The first-order chi connectivity index (χ1) is 12.1. The number of aromatic nitrogens is 3. The smallest absolute Gasteiger partial charge is 0.387 e. The summed E-state index contributed by atoms with van der Waals surface area (Å²) < 4.78 is 36.6. The summed E-state index contributed by atoms with van der Waals surface area (Å²) in [7, 11) is 1.26. The molecule has 0 saturated carbocycles. The molecular weight excluding hydrogens is 334 g/mol. The number of rotatable bonds is 5. The number of para-hydroxylation sites is 1. The monoisotopic (exact) mass is 350 g/mol. The van der Waals surface area contributed by atoms with Crippen LogP contribution in [0.15, 0.2) is 41.9 Å². The molecular formula is C16H16F2N4O3. The maximum atomic E-state index is 12.8. The van der Waals surface area contributed by atoms with E-state index in [2.05, 4.69) is 20.1 Å². The van der Waals surface area contributed by atoms with Gasteiger partial charge in [-0.2, -0.15) is 18.9 Å². The van der Waals surface area contributed by atoms with Crippen molar-refractivity contribution in [3.05, 3.63) is 47.4 Å². The lowest BCUT2D eigenvalue weighted by Crippen LogP contribution is -2.30. The number of benzene rings is 1. The maximum Gasteiger partial charge on any atom is 0.387 e. The van der Waals surface area contributed by atoms with Crippen LogP contribution in [0.3, 0.4) is 0 Å². The van der Waals surface area contributed by atoms with Crippen LogP contribution >= 0.6 is 0 Å². The molecule has 7 nitrogen and oxygen atoms in total. The number of hydrogen-bond acceptors (Lipinski definition) is 6. The fraction of sp³-hybridized carbons (Fsp3) is 0.312. The first-order valence-electron chi connectivity index (χ1n) is 7.58. The SMILES string of the molecule is CCC1=C(C(=O)OC)[C@H](c2ccccc2OC(F)F)n2ncnc2N1. The highest BCUT2D eigenvalue weighted by atomic mass is 19.3. The first kappa shape index (κ1) is 16.9. The molecule has 1 aromatic heterocycles. The van der Waals surface area contributed by atoms with E-state index in [1.165, 1.54) is 24.2 Å². The van der Waals surface area contributed by atoms with Crippen LogP contribution < -0.4 is 10.1 Å². The second-order valence-corrected chi connectivity index (χ2v) is 5.21. The summed E-state index contributed by atoms with van der Waals surface area (Å²) in [5.41, 5.74) is 1.22. The van der Waals surface area contributed by atoms with Gasteiger partial charge in [0.1, 0.15) is 18.1 Å². The van der Waals surface area contributed by atoms with E-state index in [1.807, 2.05) is 6.92 Å². The minimum absolute atomic E-state index is 0.0392. The minimum atomic E-state index is -2.99. The Hall–Kier alpha value is -2.97. The number of fused-ring (bicyclic) bond motifs is 1. The van der Waals surface area contributed by atoms with Gasteiger partial charge in [0.05, 0.1) is 12.7 Å². The van der Waals surface area contributed by atoms with Gasteiger partial charge in [-0.15, -0.1) is 0 Å². The van der Waals surface area contributed by atoms with Gasteiger partial charge in [0.25, 0.3) is 0 Å². The standard InChI is InChI=1S/C16H16F2N4O3/c1-3-10-12(14(23)24-2)13(22-16(21-10)19-8-20-22)9-6-4-5-7-11(9)25-15(17)18/h4-8,13,15H,3H2,1-2H3,(H,19,20,21)/t13-/m0/s1. The number of anilines is 1. The normalized spacial score (nSPS) is 16.4. The van der Waals surface area contributed by atoms with Crippen molar-refractivity contribution < 1.29 is 23.0 Å². The van der Waals surface area contributed by atoms with E-state index in [-0.39, 0.29) is 11.3 Å². The summed E-state index contributed by atoms with van der Waals surface area (Å²) in [5.74, 6) is -0.216. The van der Waals surface area contributed by atoms with Crippen LogP contribution in [-0.4, -0.2) is 34.5 Å². The highest BCUT2D eigenvalue weighted by molar-refractivity contribution is 5.92. The molecule has 1 N–H and O–H groups in total. The molecule has 0 bridgehead atoms. The molecule has 3 rings (SSSR count). The molecule has 0 amide bonds. The second kappa shape index (κ2) is 6.88. The third kappa shape index (κ3) is 3.04. The van der Waals surface area contributed by atoms with Crippen molar-refractivity contribution >= 4 is 11.9 Å². The minimum Gasteiger partial charge on any atom is -0.466 e. The van der Waals surface area contributed by atoms with Crippen molar-refractivity contribution in [3.8, 4) is 5.75 Å². The van der Waals surface area contributed by atoms with Gasteiger partial charge in [-0.1, -0.05) is 25.1 Å². The molecule has 25 heavy (non-hydrogen) atoms. The van der Waals surface area contributed by atoms with Crippen molar-refractivity contribution in [2.75, 3.05) is 12.4 Å². The number of esters is 1. The summed E-state index contributed by atoms with van der Waals surface area (Å²) in [6.07, 6.45) is 1.81. The first-order valence-corrected chi connectivity index (χ1v) is 7.58. The van der Waals surface area contributed by atoms with Crippen LogP contribution in [-0.2, 0) is 9.53 Å². The van der Waals surface area contributed by atoms with Crippen LogP contribution in [0.4, 0.5) is 14.7 Å². The van der Waals surface area contributed by atoms with E-state index in [9.17, 15) is 13.6 Å². The number of carbonyl (C=O) groups excluding carboxylic acids is 1. The summed E-state index contributed by atoms with van der Waals surface area (Å²) >= 11 is 0. The van der Waals surface area contributed by atoms with Gasteiger partial charge in [-0.05, 0) is 12.5 Å². The molecule has 1 atom stereocenters. The fourth-order valence-corrected chi connectivity index (χ4v) is 2.84. The third-order valence-corrected chi connectivity index (χ3v) is 3.87. The number of alkyl halides is 2. The second-order valence-electron chi connectivity index (χ2n) is 5.21. The number of allylic oxidation sites excluding steroid dienone is 1. The van der Waals surface area contributed by atoms with Crippen LogP contribution in [0.1, 0.15) is 24.9 Å². The molecule has 1 aliphatic rings.